The van der Waals surface area contributed by atoms with Crippen molar-refractivity contribution in [3.63, 3.8) is 0 Å². The van der Waals surface area contributed by atoms with Crippen molar-refractivity contribution in [2.75, 3.05) is 26.2 Å². The summed E-state index contributed by atoms with van der Waals surface area (Å²) in [5.74, 6) is 0.591. The van der Waals surface area contributed by atoms with E-state index in [0.29, 0.717) is 25.6 Å². The molecule has 1 aromatic carbocycles. The van der Waals surface area contributed by atoms with Gasteiger partial charge in [0, 0.05) is 31.4 Å². The third-order valence-electron chi connectivity index (χ3n) is 5.06. The molecule has 1 saturated heterocycles. The summed E-state index contributed by atoms with van der Waals surface area (Å²) >= 11 is 0. The Labute approximate surface area is 154 Å². The van der Waals surface area contributed by atoms with Crippen molar-refractivity contribution in [2.24, 2.45) is 0 Å². The Hall–Kier alpha value is -2.40. The van der Waals surface area contributed by atoms with E-state index in [2.05, 4.69) is 34.5 Å². The van der Waals surface area contributed by atoms with E-state index in [1.807, 2.05) is 19.1 Å². The fraction of sp³-hybridized carbons (Fsp3) is 0.429. The highest BCUT2D eigenvalue weighted by molar-refractivity contribution is 5.78. The second-order valence-corrected chi connectivity index (χ2v) is 6.99. The SMILES string of the molecule is Cc1cccc(=O)n1CCCNC(=O)CN1CCC(c2ccccc2)C1. The monoisotopic (exact) mass is 353 g/mol. The maximum Gasteiger partial charge on any atom is 0.250 e. The van der Waals surface area contributed by atoms with Gasteiger partial charge in [0.15, 0.2) is 0 Å². The summed E-state index contributed by atoms with van der Waals surface area (Å²) in [7, 11) is 0. The van der Waals surface area contributed by atoms with Crippen molar-refractivity contribution in [1.29, 1.82) is 0 Å². The lowest BCUT2D eigenvalue weighted by Crippen LogP contribution is -2.36. The fourth-order valence-corrected chi connectivity index (χ4v) is 3.61. The molecule has 0 aliphatic carbocycles. The van der Waals surface area contributed by atoms with Crippen molar-refractivity contribution in [3.05, 3.63) is 70.1 Å². The Bertz CT molecular complexity index is 785. The van der Waals surface area contributed by atoms with Crippen LogP contribution in [0, 0.1) is 6.92 Å². The first-order chi connectivity index (χ1) is 12.6. The summed E-state index contributed by atoms with van der Waals surface area (Å²) in [5, 5.41) is 2.98. The minimum Gasteiger partial charge on any atom is -0.355 e. The highest BCUT2D eigenvalue weighted by Gasteiger charge is 2.24. The molecule has 0 bridgehead atoms. The maximum absolute atomic E-state index is 12.2. The van der Waals surface area contributed by atoms with Gasteiger partial charge in [-0.15, -0.1) is 0 Å². The molecular formula is C21H27N3O2. The van der Waals surface area contributed by atoms with Crippen molar-refractivity contribution in [3.8, 4) is 0 Å². The quantitative estimate of drug-likeness (QED) is 0.776. The van der Waals surface area contributed by atoms with E-state index in [1.165, 1.54) is 5.56 Å². The van der Waals surface area contributed by atoms with Crippen LogP contribution in [0.5, 0.6) is 0 Å². The number of carbonyl (C=O) groups is 1. The van der Waals surface area contributed by atoms with E-state index in [-0.39, 0.29) is 11.5 Å². The Kier molecular flexibility index (Phi) is 6.23. The average Bonchev–Trinajstić information content (AvgIpc) is 3.10. The number of nitrogens with zero attached hydrogens (tertiary/aromatic N) is 2. The molecule has 1 unspecified atom stereocenters. The zero-order valence-electron chi connectivity index (χ0n) is 15.4. The van der Waals surface area contributed by atoms with Crippen LogP contribution in [0.2, 0.25) is 0 Å². The molecule has 1 atom stereocenters. The van der Waals surface area contributed by atoms with Gasteiger partial charge in [-0.1, -0.05) is 36.4 Å². The first-order valence-corrected chi connectivity index (χ1v) is 9.34. The number of pyridine rings is 1. The number of hydrogen-bond acceptors (Lipinski definition) is 3. The number of aromatic nitrogens is 1. The van der Waals surface area contributed by atoms with E-state index < -0.39 is 0 Å². The predicted molar refractivity (Wildman–Crippen MR) is 103 cm³/mol. The highest BCUT2D eigenvalue weighted by Crippen LogP contribution is 2.26. The minimum absolute atomic E-state index is 0.0142. The number of amides is 1. The van der Waals surface area contributed by atoms with Gasteiger partial charge in [0.2, 0.25) is 5.91 Å². The topological polar surface area (TPSA) is 54.3 Å². The van der Waals surface area contributed by atoms with E-state index in [9.17, 15) is 9.59 Å². The number of likely N-dealkylation sites (tertiary alicyclic amines) is 1. The van der Waals surface area contributed by atoms with E-state index in [4.69, 9.17) is 0 Å². The zero-order chi connectivity index (χ0) is 18.4. The highest BCUT2D eigenvalue weighted by atomic mass is 16.2. The van der Waals surface area contributed by atoms with Crippen LogP contribution in [0.15, 0.2) is 53.3 Å². The number of rotatable bonds is 7. The molecule has 2 heterocycles. The van der Waals surface area contributed by atoms with Crippen LogP contribution in [0.25, 0.3) is 0 Å². The molecule has 138 valence electrons. The minimum atomic E-state index is 0.0142. The summed E-state index contributed by atoms with van der Waals surface area (Å²) in [6, 6.07) is 15.8. The molecule has 26 heavy (non-hydrogen) atoms. The number of nitrogens with one attached hydrogen (secondary N) is 1. The molecule has 1 aliphatic rings. The molecule has 1 aliphatic heterocycles. The number of aryl methyl sites for hydroxylation is 1. The Morgan fingerprint density at radius 1 is 1.15 bits per heavy atom. The van der Waals surface area contributed by atoms with Crippen LogP contribution in [0.1, 0.15) is 30.0 Å². The third-order valence-corrected chi connectivity index (χ3v) is 5.06. The van der Waals surface area contributed by atoms with Gasteiger partial charge < -0.3 is 9.88 Å². The van der Waals surface area contributed by atoms with Crippen molar-refractivity contribution < 1.29 is 4.79 Å². The second kappa shape index (κ2) is 8.81. The van der Waals surface area contributed by atoms with Gasteiger partial charge in [0.25, 0.3) is 5.56 Å². The molecule has 0 spiro atoms. The lowest BCUT2D eigenvalue weighted by atomic mass is 9.99. The molecule has 1 N–H and O–H groups in total. The molecule has 1 aromatic heterocycles. The fourth-order valence-electron chi connectivity index (χ4n) is 3.61. The average molecular weight is 353 g/mol. The van der Waals surface area contributed by atoms with Crippen molar-refractivity contribution in [2.45, 2.75) is 32.2 Å². The van der Waals surface area contributed by atoms with Gasteiger partial charge in [-0.3, -0.25) is 14.5 Å². The van der Waals surface area contributed by atoms with Gasteiger partial charge >= 0.3 is 0 Å². The van der Waals surface area contributed by atoms with E-state index in [0.717, 1.165) is 31.6 Å². The Balaban J connectivity index is 1.38. The summed E-state index contributed by atoms with van der Waals surface area (Å²) < 4.78 is 1.75. The molecular weight excluding hydrogens is 326 g/mol. The molecule has 5 nitrogen and oxygen atoms in total. The largest absolute Gasteiger partial charge is 0.355 e. The molecule has 0 radical (unpaired) electrons. The molecule has 1 fully saturated rings. The summed E-state index contributed by atoms with van der Waals surface area (Å²) in [6.07, 6.45) is 1.86. The first-order valence-electron chi connectivity index (χ1n) is 9.34. The smallest absolute Gasteiger partial charge is 0.250 e. The van der Waals surface area contributed by atoms with Gasteiger partial charge in [-0.05, 0) is 43.9 Å². The summed E-state index contributed by atoms with van der Waals surface area (Å²) in [6.45, 7) is 5.51. The first kappa shape index (κ1) is 18.4. The van der Waals surface area contributed by atoms with Gasteiger partial charge in [-0.25, -0.2) is 0 Å². The van der Waals surface area contributed by atoms with Crippen LogP contribution in [0.3, 0.4) is 0 Å². The van der Waals surface area contributed by atoms with Crippen LogP contribution in [-0.2, 0) is 11.3 Å². The Morgan fingerprint density at radius 3 is 2.73 bits per heavy atom. The van der Waals surface area contributed by atoms with Crippen LogP contribution in [0.4, 0.5) is 0 Å². The Morgan fingerprint density at radius 2 is 1.96 bits per heavy atom. The summed E-state index contributed by atoms with van der Waals surface area (Å²) in [4.78, 5) is 26.2. The molecule has 2 aromatic rings. The van der Waals surface area contributed by atoms with E-state index >= 15 is 0 Å². The number of hydrogen-bond donors (Lipinski definition) is 1. The molecule has 5 heteroatoms. The molecule has 0 saturated carbocycles. The van der Waals surface area contributed by atoms with Crippen LogP contribution >= 0.6 is 0 Å². The van der Waals surface area contributed by atoms with Gasteiger partial charge in [-0.2, -0.15) is 0 Å². The summed E-state index contributed by atoms with van der Waals surface area (Å²) in [5.41, 5.74) is 2.33. The zero-order valence-corrected chi connectivity index (χ0v) is 15.4. The number of benzene rings is 1. The third kappa shape index (κ3) is 4.82. The van der Waals surface area contributed by atoms with Crippen LogP contribution < -0.4 is 10.9 Å². The lowest BCUT2D eigenvalue weighted by molar-refractivity contribution is -0.122. The molecule has 3 rings (SSSR count). The predicted octanol–water partition coefficient (Wildman–Crippen LogP) is 2.15. The van der Waals surface area contributed by atoms with E-state index in [1.54, 1.807) is 16.7 Å². The van der Waals surface area contributed by atoms with Crippen LogP contribution in [-0.4, -0.2) is 41.6 Å². The number of carbonyl (C=O) groups excluding carboxylic acids is 1. The standard InChI is InChI=1S/C21H27N3O2/c1-17-7-5-10-21(26)24(17)13-6-12-22-20(25)16-23-14-11-19(15-23)18-8-3-2-4-9-18/h2-5,7-10,19H,6,11-16H2,1H3,(H,22,25). The molecule has 1 amide bonds. The maximum atomic E-state index is 12.2. The van der Waals surface area contributed by atoms with Crippen molar-refractivity contribution in [1.82, 2.24) is 14.8 Å². The second-order valence-electron chi connectivity index (χ2n) is 6.99. The van der Waals surface area contributed by atoms with Gasteiger partial charge in [0.1, 0.15) is 0 Å². The normalized spacial score (nSPS) is 17.3. The van der Waals surface area contributed by atoms with Crippen molar-refractivity contribution >= 4 is 5.91 Å². The van der Waals surface area contributed by atoms with Gasteiger partial charge in [0.05, 0.1) is 6.54 Å². The lowest BCUT2D eigenvalue weighted by Gasteiger charge is -2.16.